The molecule has 0 aliphatic rings. The van der Waals surface area contributed by atoms with Crippen molar-refractivity contribution >= 4 is 0 Å². The van der Waals surface area contributed by atoms with Crippen molar-refractivity contribution in [1.82, 2.24) is 4.98 Å². The zero-order valence-corrected chi connectivity index (χ0v) is 17.6. The SMILES string of the molecule is CCCCCCCCCCCCCCC[CH][C@@H](C)Oc1cccc(C#N)n1. The molecular weight excluding hydrogens is 332 g/mol. The zero-order valence-electron chi connectivity index (χ0n) is 17.6. The van der Waals surface area contributed by atoms with Gasteiger partial charge in [-0.25, -0.2) is 4.98 Å². The summed E-state index contributed by atoms with van der Waals surface area (Å²) in [5, 5.41) is 8.86. The van der Waals surface area contributed by atoms with Crippen molar-refractivity contribution in [2.45, 2.75) is 110 Å². The van der Waals surface area contributed by atoms with E-state index in [1.165, 1.54) is 83.5 Å². The first kappa shape index (κ1) is 23.5. The molecule has 1 radical (unpaired) electrons. The van der Waals surface area contributed by atoms with Crippen molar-refractivity contribution < 1.29 is 4.74 Å². The predicted octanol–water partition coefficient (Wildman–Crippen LogP) is 7.41. The van der Waals surface area contributed by atoms with E-state index < -0.39 is 0 Å². The first-order chi connectivity index (χ1) is 13.3. The number of nitriles is 1. The maximum absolute atomic E-state index is 8.86. The smallest absolute Gasteiger partial charge is 0.214 e. The van der Waals surface area contributed by atoms with Crippen LogP contribution in [0.15, 0.2) is 18.2 Å². The van der Waals surface area contributed by atoms with Crippen LogP contribution in [-0.4, -0.2) is 11.1 Å². The monoisotopic (exact) mass is 371 g/mol. The summed E-state index contributed by atoms with van der Waals surface area (Å²) in [4.78, 5) is 4.15. The second-order valence-electron chi connectivity index (χ2n) is 7.56. The summed E-state index contributed by atoms with van der Waals surface area (Å²) in [6, 6.07) is 7.33. The second kappa shape index (κ2) is 16.6. The molecule has 0 saturated heterocycles. The molecule has 0 aromatic carbocycles. The first-order valence-electron chi connectivity index (χ1n) is 11.1. The van der Waals surface area contributed by atoms with E-state index in [-0.39, 0.29) is 6.10 Å². The first-order valence-corrected chi connectivity index (χ1v) is 11.1. The van der Waals surface area contributed by atoms with Crippen LogP contribution in [0.1, 0.15) is 109 Å². The standard InChI is InChI=1S/C24H39N2O/c1-3-4-5-6-7-8-9-10-11-12-13-14-15-16-18-22(2)27-24-20-17-19-23(21-25)26-24/h17-20,22H,3-16H2,1-2H3/t22-/m1/s1. The molecule has 0 unspecified atom stereocenters. The molecule has 0 saturated carbocycles. The Balaban J connectivity index is 1.87. The summed E-state index contributed by atoms with van der Waals surface area (Å²) in [7, 11) is 0. The van der Waals surface area contributed by atoms with Gasteiger partial charge in [-0.1, -0.05) is 96.5 Å². The van der Waals surface area contributed by atoms with Gasteiger partial charge in [-0.3, -0.25) is 0 Å². The number of ether oxygens (including phenoxy) is 1. The Kier molecular flexibility index (Phi) is 14.4. The van der Waals surface area contributed by atoms with E-state index in [9.17, 15) is 0 Å². The highest BCUT2D eigenvalue weighted by Crippen LogP contribution is 2.15. The molecule has 0 N–H and O–H groups in total. The molecule has 1 heterocycles. The molecule has 3 heteroatoms. The topological polar surface area (TPSA) is 45.9 Å². The van der Waals surface area contributed by atoms with E-state index >= 15 is 0 Å². The predicted molar refractivity (Wildman–Crippen MR) is 114 cm³/mol. The molecule has 0 bridgehead atoms. The number of hydrogen-bond donors (Lipinski definition) is 0. The highest BCUT2D eigenvalue weighted by atomic mass is 16.5. The van der Waals surface area contributed by atoms with Crippen LogP contribution in [0, 0.1) is 17.8 Å². The van der Waals surface area contributed by atoms with Gasteiger partial charge in [0.2, 0.25) is 5.88 Å². The van der Waals surface area contributed by atoms with Crippen LogP contribution < -0.4 is 4.74 Å². The average molecular weight is 372 g/mol. The van der Waals surface area contributed by atoms with Gasteiger partial charge in [0.1, 0.15) is 17.9 Å². The summed E-state index contributed by atoms with van der Waals surface area (Å²) in [6.07, 6.45) is 21.3. The maximum Gasteiger partial charge on any atom is 0.214 e. The molecule has 1 rings (SSSR count). The van der Waals surface area contributed by atoms with Crippen LogP contribution in [0.2, 0.25) is 0 Å². The lowest BCUT2D eigenvalue weighted by Gasteiger charge is -2.13. The molecule has 1 aromatic rings. The zero-order chi connectivity index (χ0) is 19.6. The van der Waals surface area contributed by atoms with E-state index in [2.05, 4.69) is 18.3 Å². The average Bonchev–Trinajstić information content (AvgIpc) is 2.68. The quantitative estimate of drug-likeness (QED) is 0.268. The van der Waals surface area contributed by atoms with Crippen molar-refractivity contribution in [2.24, 2.45) is 0 Å². The van der Waals surface area contributed by atoms with Crippen LogP contribution in [0.4, 0.5) is 0 Å². The van der Waals surface area contributed by atoms with Gasteiger partial charge in [0.15, 0.2) is 0 Å². The van der Waals surface area contributed by atoms with Crippen molar-refractivity contribution in [3.8, 4) is 11.9 Å². The largest absolute Gasteiger partial charge is 0.474 e. The van der Waals surface area contributed by atoms with Crippen molar-refractivity contribution in [2.75, 3.05) is 0 Å². The van der Waals surface area contributed by atoms with Crippen molar-refractivity contribution in [3.05, 3.63) is 30.3 Å². The van der Waals surface area contributed by atoms with Gasteiger partial charge < -0.3 is 4.74 Å². The summed E-state index contributed by atoms with van der Waals surface area (Å²) >= 11 is 0. The molecule has 0 fully saturated rings. The number of aromatic nitrogens is 1. The number of nitrogens with zero attached hydrogens (tertiary/aromatic N) is 2. The number of rotatable bonds is 17. The Morgan fingerprint density at radius 2 is 1.48 bits per heavy atom. The molecule has 1 aromatic heterocycles. The summed E-state index contributed by atoms with van der Waals surface area (Å²) in [6.45, 7) is 4.31. The van der Waals surface area contributed by atoms with Gasteiger partial charge in [0, 0.05) is 12.5 Å². The Bertz CT molecular complexity index is 509. The van der Waals surface area contributed by atoms with E-state index in [0.717, 1.165) is 6.42 Å². The molecule has 3 nitrogen and oxygen atoms in total. The van der Waals surface area contributed by atoms with E-state index in [0.29, 0.717) is 11.6 Å². The van der Waals surface area contributed by atoms with Gasteiger partial charge in [0.05, 0.1) is 0 Å². The molecule has 0 amide bonds. The second-order valence-corrected chi connectivity index (χ2v) is 7.56. The Hall–Kier alpha value is -1.56. The highest BCUT2D eigenvalue weighted by molar-refractivity contribution is 5.24. The molecule has 1 atom stereocenters. The Morgan fingerprint density at radius 3 is 2.04 bits per heavy atom. The minimum absolute atomic E-state index is 0.0313. The van der Waals surface area contributed by atoms with Gasteiger partial charge >= 0.3 is 0 Å². The molecule has 0 spiro atoms. The fraction of sp³-hybridized carbons (Fsp3) is 0.708. The minimum atomic E-state index is 0.0313. The van der Waals surface area contributed by atoms with Crippen LogP contribution in [-0.2, 0) is 0 Å². The normalized spacial score (nSPS) is 11.9. The third-order valence-electron chi connectivity index (χ3n) is 4.95. The van der Waals surface area contributed by atoms with Crippen LogP contribution in [0.3, 0.4) is 0 Å². The number of pyridine rings is 1. The Morgan fingerprint density at radius 1 is 0.926 bits per heavy atom. The Labute approximate surface area is 167 Å². The van der Waals surface area contributed by atoms with Gasteiger partial charge in [-0.15, -0.1) is 0 Å². The fourth-order valence-electron chi connectivity index (χ4n) is 3.30. The molecule has 151 valence electrons. The third kappa shape index (κ3) is 13.3. The van der Waals surface area contributed by atoms with Gasteiger partial charge in [0.25, 0.3) is 0 Å². The minimum Gasteiger partial charge on any atom is -0.474 e. The summed E-state index contributed by atoms with van der Waals surface area (Å²) < 4.78 is 5.75. The van der Waals surface area contributed by atoms with Crippen molar-refractivity contribution in [3.63, 3.8) is 0 Å². The summed E-state index contributed by atoms with van der Waals surface area (Å²) in [5.41, 5.74) is 0.399. The molecular formula is C24H39N2O. The third-order valence-corrected chi connectivity index (χ3v) is 4.95. The molecule has 0 aliphatic carbocycles. The lowest BCUT2D eigenvalue weighted by atomic mass is 10.0. The lowest BCUT2D eigenvalue weighted by Crippen LogP contribution is -2.13. The highest BCUT2D eigenvalue weighted by Gasteiger charge is 2.06. The molecule has 0 aliphatic heterocycles. The van der Waals surface area contributed by atoms with Crippen LogP contribution in [0.25, 0.3) is 0 Å². The molecule has 27 heavy (non-hydrogen) atoms. The number of unbranched alkanes of at least 4 members (excludes halogenated alkanes) is 13. The van der Waals surface area contributed by atoms with E-state index in [1.54, 1.807) is 18.2 Å². The summed E-state index contributed by atoms with van der Waals surface area (Å²) in [5.74, 6) is 0.531. The van der Waals surface area contributed by atoms with Crippen molar-refractivity contribution in [1.29, 1.82) is 5.26 Å². The van der Waals surface area contributed by atoms with E-state index in [1.807, 2.05) is 13.0 Å². The fourth-order valence-corrected chi connectivity index (χ4v) is 3.30. The van der Waals surface area contributed by atoms with Crippen LogP contribution >= 0.6 is 0 Å². The number of hydrogen-bond acceptors (Lipinski definition) is 3. The maximum atomic E-state index is 8.86. The van der Waals surface area contributed by atoms with Gasteiger partial charge in [-0.2, -0.15) is 5.26 Å². The van der Waals surface area contributed by atoms with Crippen LogP contribution in [0.5, 0.6) is 5.88 Å². The van der Waals surface area contributed by atoms with E-state index in [4.69, 9.17) is 10.00 Å². The lowest BCUT2D eigenvalue weighted by molar-refractivity contribution is 0.238. The van der Waals surface area contributed by atoms with Gasteiger partial charge in [-0.05, 0) is 19.4 Å².